The molecule has 5 rings (SSSR count). The van der Waals surface area contributed by atoms with Gasteiger partial charge in [-0.05, 0) is 35.5 Å². The van der Waals surface area contributed by atoms with Crippen LogP contribution in [0.25, 0.3) is 16.1 Å². The summed E-state index contributed by atoms with van der Waals surface area (Å²) in [5, 5.41) is 7.95. The van der Waals surface area contributed by atoms with Crippen molar-refractivity contribution in [2.45, 2.75) is 25.0 Å². The molecule has 1 fully saturated rings. The fourth-order valence-electron chi connectivity index (χ4n) is 4.52. The molecule has 0 aromatic heterocycles. The van der Waals surface area contributed by atoms with Crippen LogP contribution in [0.3, 0.4) is 0 Å². The van der Waals surface area contributed by atoms with Crippen LogP contribution in [0.5, 0.6) is 0 Å². The van der Waals surface area contributed by atoms with E-state index >= 15 is 0 Å². The second kappa shape index (κ2) is 10.3. The molecule has 0 saturated carbocycles. The van der Waals surface area contributed by atoms with Crippen molar-refractivity contribution in [2.24, 2.45) is 0 Å². The number of fused-ring (bicyclic) bond motifs is 1. The monoisotopic (exact) mass is 398 g/mol. The molecule has 1 heterocycles. The van der Waals surface area contributed by atoms with E-state index in [9.17, 15) is 0 Å². The van der Waals surface area contributed by atoms with Crippen molar-refractivity contribution in [3.05, 3.63) is 125 Å². The van der Waals surface area contributed by atoms with Gasteiger partial charge in [-0.25, -0.2) is 0 Å². The van der Waals surface area contributed by atoms with Gasteiger partial charge < -0.3 is 10.2 Å². The summed E-state index contributed by atoms with van der Waals surface area (Å²) in [5.41, 5.74) is 3.94. The number of rotatable bonds is 6. The molecule has 0 amide bonds. The Hall–Kier alpha value is -2.34. The number of nitrogens with zero attached hydrogens (tertiary/aromatic N) is 2. The standard InChI is InChI=1S/C28H27N2.Li/c1-3-10-24(11-4-1)28(25-12-5-2-6-13-25)29-27-17-18-30(21-27)20-22-15-16-23-9-7-8-14-26(23)19-22;/h1-16,19,27-28H,17-18,20-21H2;/q-1;+1/t27-;/m0./s1. The van der Waals surface area contributed by atoms with Gasteiger partial charge in [-0.2, -0.15) is 0 Å². The van der Waals surface area contributed by atoms with E-state index in [0.717, 1.165) is 26.1 Å². The number of benzene rings is 4. The Kier molecular flexibility index (Phi) is 7.28. The maximum atomic E-state index is 5.32. The second-order valence-electron chi connectivity index (χ2n) is 8.23. The molecule has 1 aliphatic rings. The maximum Gasteiger partial charge on any atom is 1.00 e. The Morgan fingerprint density at radius 3 is 2.03 bits per heavy atom. The molecule has 1 atom stereocenters. The van der Waals surface area contributed by atoms with E-state index in [-0.39, 0.29) is 24.9 Å². The van der Waals surface area contributed by atoms with Crippen LogP contribution in [-0.4, -0.2) is 24.0 Å². The quantitative estimate of drug-likeness (QED) is 0.454. The van der Waals surface area contributed by atoms with E-state index in [1.54, 1.807) is 0 Å². The molecular formula is C28H27LiN2. The van der Waals surface area contributed by atoms with Gasteiger partial charge in [0, 0.05) is 6.54 Å². The van der Waals surface area contributed by atoms with Crippen LogP contribution in [0, 0.1) is 0 Å². The van der Waals surface area contributed by atoms with E-state index in [1.807, 2.05) is 0 Å². The summed E-state index contributed by atoms with van der Waals surface area (Å²) in [6.45, 7) is 3.14. The zero-order chi connectivity index (χ0) is 20.2. The average Bonchev–Trinajstić information content (AvgIpc) is 3.25. The van der Waals surface area contributed by atoms with Crippen molar-refractivity contribution in [2.75, 3.05) is 13.1 Å². The molecule has 31 heavy (non-hydrogen) atoms. The summed E-state index contributed by atoms with van der Waals surface area (Å²) < 4.78 is 0. The first-order valence-electron chi connectivity index (χ1n) is 10.8. The fraction of sp³-hybridized carbons (Fsp3) is 0.214. The zero-order valence-electron chi connectivity index (χ0n) is 18.2. The van der Waals surface area contributed by atoms with E-state index in [4.69, 9.17) is 5.32 Å². The SMILES string of the molecule is [Li+].c1ccc(C([N-][C@H]2CCN(Cc3ccc4ccccc4c3)C2)c2ccccc2)cc1. The van der Waals surface area contributed by atoms with Gasteiger partial charge in [0.1, 0.15) is 0 Å². The topological polar surface area (TPSA) is 17.3 Å². The van der Waals surface area contributed by atoms with Crippen LogP contribution >= 0.6 is 0 Å². The van der Waals surface area contributed by atoms with Crippen molar-refractivity contribution in [3.63, 3.8) is 0 Å². The molecule has 0 aliphatic carbocycles. The van der Waals surface area contributed by atoms with Gasteiger partial charge in [-0.1, -0.05) is 121 Å². The third-order valence-corrected chi connectivity index (χ3v) is 6.06. The number of likely N-dealkylation sites (tertiary alicyclic amines) is 1. The molecule has 0 radical (unpaired) electrons. The zero-order valence-corrected chi connectivity index (χ0v) is 18.2. The third-order valence-electron chi connectivity index (χ3n) is 6.06. The Bertz CT molecular complexity index is 1060. The largest absolute Gasteiger partial charge is 1.00 e. The molecule has 3 heteroatoms. The minimum atomic E-state index is 0. The van der Waals surface area contributed by atoms with Gasteiger partial charge in [-0.15, -0.1) is 6.04 Å². The van der Waals surface area contributed by atoms with Gasteiger partial charge >= 0.3 is 18.9 Å². The van der Waals surface area contributed by atoms with Gasteiger partial charge in [0.15, 0.2) is 0 Å². The van der Waals surface area contributed by atoms with Crippen LogP contribution in [0.1, 0.15) is 29.2 Å². The van der Waals surface area contributed by atoms with E-state index in [2.05, 4.69) is 108 Å². The van der Waals surface area contributed by atoms with Crippen molar-refractivity contribution in [3.8, 4) is 0 Å². The first-order chi connectivity index (χ1) is 14.8. The molecule has 4 aromatic rings. The van der Waals surface area contributed by atoms with E-state index < -0.39 is 0 Å². The summed E-state index contributed by atoms with van der Waals surface area (Å²) >= 11 is 0. The van der Waals surface area contributed by atoms with Gasteiger partial charge in [-0.3, -0.25) is 0 Å². The molecule has 4 aromatic carbocycles. The van der Waals surface area contributed by atoms with Crippen LogP contribution in [-0.2, 0) is 6.54 Å². The Morgan fingerprint density at radius 1 is 0.742 bits per heavy atom. The Labute approximate surface area is 197 Å². The predicted molar refractivity (Wildman–Crippen MR) is 126 cm³/mol. The first kappa shape index (κ1) is 21.9. The second-order valence-corrected chi connectivity index (χ2v) is 8.23. The Balaban J connectivity index is 0.00000231. The summed E-state index contributed by atoms with van der Waals surface area (Å²) in [6, 6.07) is 37.3. The molecule has 1 aliphatic heterocycles. The fourth-order valence-corrected chi connectivity index (χ4v) is 4.52. The number of hydrogen-bond acceptors (Lipinski definition) is 1. The normalized spacial score (nSPS) is 16.5. The first-order valence-corrected chi connectivity index (χ1v) is 10.8. The van der Waals surface area contributed by atoms with E-state index in [1.165, 1.54) is 27.5 Å². The summed E-state index contributed by atoms with van der Waals surface area (Å²) in [4.78, 5) is 2.55. The Morgan fingerprint density at radius 2 is 1.35 bits per heavy atom. The minimum absolute atomic E-state index is 0. The number of hydrogen-bond donors (Lipinski definition) is 0. The van der Waals surface area contributed by atoms with Crippen LogP contribution in [0.2, 0.25) is 0 Å². The van der Waals surface area contributed by atoms with Crippen molar-refractivity contribution in [1.29, 1.82) is 0 Å². The molecule has 150 valence electrons. The minimum Gasteiger partial charge on any atom is -0.648 e. The third kappa shape index (κ3) is 5.29. The summed E-state index contributed by atoms with van der Waals surface area (Å²) in [7, 11) is 0. The molecule has 0 unspecified atom stereocenters. The summed E-state index contributed by atoms with van der Waals surface area (Å²) in [6.07, 6.45) is 1.13. The van der Waals surface area contributed by atoms with Crippen molar-refractivity contribution >= 4 is 10.8 Å². The van der Waals surface area contributed by atoms with Crippen LogP contribution in [0.15, 0.2) is 103 Å². The van der Waals surface area contributed by atoms with Gasteiger partial charge in [0.25, 0.3) is 0 Å². The molecule has 2 nitrogen and oxygen atoms in total. The molecule has 0 spiro atoms. The van der Waals surface area contributed by atoms with Crippen LogP contribution in [0.4, 0.5) is 0 Å². The smallest absolute Gasteiger partial charge is 0.648 e. The maximum absolute atomic E-state index is 5.32. The molecule has 1 saturated heterocycles. The van der Waals surface area contributed by atoms with Gasteiger partial charge in [0.05, 0.1) is 0 Å². The van der Waals surface area contributed by atoms with Crippen molar-refractivity contribution < 1.29 is 18.9 Å². The molecular weight excluding hydrogens is 371 g/mol. The van der Waals surface area contributed by atoms with E-state index in [0.29, 0.717) is 6.04 Å². The predicted octanol–water partition coefficient (Wildman–Crippen LogP) is 3.58. The van der Waals surface area contributed by atoms with Gasteiger partial charge in [0.2, 0.25) is 0 Å². The van der Waals surface area contributed by atoms with Crippen molar-refractivity contribution in [1.82, 2.24) is 4.90 Å². The average molecular weight is 398 g/mol. The van der Waals surface area contributed by atoms with Crippen LogP contribution < -0.4 is 18.9 Å². The summed E-state index contributed by atoms with van der Waals surface area (Å²) in [5.74, 6) is 0. The molecule has 0 N–H and O–H groups in total. The molecule has 0 bridgehead atoms.